The molecule has 0 aliphatic carbocycles. The summed E-state index contributed by atoms with van der Waals surface area (Å²) >= 11 is 1.72. The summed E-state index contributed by atoms with van der Waals surface area (Å²) in [6.07, 6.45) is 1.07. The van der Waals surface area contributed by atoms with Gasteiger partial charge in [-0.15, -0.1) is 0 Å². The maximum absolute atomic E-state index is 11.0. The minimum Gasteiger partial charge on any atom is -0.314 e. The zero-order valence-electron chi connectivity index (χ0n) is 12.8. The SMILES string of the molecule is CCCSc1nc2ccccc2n1Cc1cccc([N+](=O)[O-])c1. The number of non-ortho nitro benzene ring substituents is 1. The van der Waals surface area contributed by atoms with Crippen LogP contribution in [0.1, 0.15) is 18.9 Å². The molecule has 0 unspecified atom stereocenters. The lowest BCUT2D eigenvalue weighted by Crippen LogP contribution is -2.02. The third kappa shape index (κ3) is 3.37. The Morgan fingerprint density at radius 3 is 2.83 bits per heavy atom. The van der Waals surface area contributed by atoms with Crippen molar-refractivity contribution >= 4 is 28.5 Å². The van der Waals surface area contributed by atoms with E-state index >= 15 is 0 Å². The van der Waals surface area contributed by atoms with Gasteiger partial charge in [0.2, 0.25) is 0 Å². The van der Waals surface area contributed by atoms with Crippen molar-refractivity contribution in [1.29, 1.82) is 0 Å². The Labute approximate surface area is 138 Å². The summed E-state index contributed by atoms with van der Waals surface area (Å²) in [7, 11) is 0. The molecule has 3 aromatic rings. The molecule has 0 amide bonds. The number of nitro benzene ring substituents is 1. The molecular weight excluding hydrogens is 310 g/mol. The molecule has 0 saturated carbocycles. The molecule has 0 radical (unpaired) electrons. The van der Waals surface area contributed by atoms with Crippen LogP contribution in [0.2, 0.25) is 0 Å². The molecule has 0 spiro atoms. The molecule has 3 rings (SSSR count). The van der Waals surface area contributed by atoms with Crippen molar-refractivity contribution in [2.45, 2.75) is 25.0 Å². The van der Waals surface area contributed by atoms with Crippen molar-refractivity contribution in [3.63, 3.8) is 0 Å². The maximum atomic E-state index is 11.0. The molecule has 1 aromatic heterocycles. The second-order valence-electron chi connectivity index (χ2n) is 5.24. The largest absolute Gasteiger partial charge is 0.314 e. The van der Waals surface area contributed by atoms with Crippen molar-refractivity contribution in [1.82, 2.24) is 9.55 Å². The molecule has 118 valence electrons. The molecule has 1 heterocycles. The van der Waals surface area contributed by atoms with Crippen molar-refractivity contribution in [2.24, 2.45) is 0 Å². The first kappa shape index (κ1) is 15.6. The van der Waals surface area contributed by atoms with E-state index < -0.39 is 0 Å². The van der Waals surface area contributed by atoms with Gasteiger partial charge >= 0.3 is 0 Å². The van der Waals surface area contributed by atoms with Gasteiger partial charge in [0.1, 0.15) is 0 Å². The fraction of sp³-hybridized carbons (Fsp3) is 0.235. The van der Waals surface area contributed by atoms with Crippen LogP contribution >= 0.6 is 11.8 Å². The highest BCUT2D eigenvalue weighted by Crippen LogP contribution is 2.26. The van der Waals surface area contributed by atoms with Crippen molar-refractivity contribution < 1.29 is 4.92 Å². The van der Waals surface area contributed by atoms with Crippen LogP contribution in [0.4, 0.5) is 5.69 Å². The highest BCUT2D eigenvalue weighted by molar-refractivity contribution is 7.99. The second-order valence-corrected chi connectivity index (χ2v) is 6.31. The van der Waals surface area contributed by atoms with E-state index in [2.05, 4.69) is 11.5 Å². The Morgan fingerprint density at radius 2 is 2.04 bits per heavy atom. The monoisotopic (exact) mass is 327 g/mol. The summed E-state index contributed by atoms with van der Waals surface area (Å²) in [4.78, 5) is 15.3. The molecule has 0 aliphatic heterocycles. The van der Waals surface area contributed by atoms with Crippen LogP contribution in [0.25, 0.3) is 11.0 Å². The van der Waals surface area contributed by atoms with Gasteiger partial charge in [-0.2, -0.15) is 0 Å². The quantitative estimate of drug-likeness (QED) is 0.380. The van der Waals surface area contributed by atoms with Gasteiger partial charge in [-0.3, -0.25) is 10.1 Å². The summed E-state index contributed by atoms with van der Waals surface area (Å²) in [5.41, 5.74) is 3.03. The third-order valence-corrected chi connectivity index (χ3v) is 4.70. The maximum Gasteiger partial charge on any atom is 0.269 e. The zero-order chi connectivity index (χ0) is 16.2. The predicted molar refractivity (Wildman–Crippen MR) is 92.9 cm³/mol. The van der Waals surface area contributed by atoms with E-state index in [0.717, 1.165) is 33.9 Å². The van der Waals surface area contributed by atoms with Crippen LogP contribution in [0.3, 0.4) is 0 Å². The smallest absolute Gasteiger partial charge is 0.269 e. The molecule has 5 nitrogen and oxygen atoms in total. The number of benzene rings is 2. The van der Waals surface area contributed by atoms with Gasteiger partial charge in [-0.05, 0) is 24.1 Å². The Kier molecular flexibility index (Phi) is 4.62. The van der Waals surface area contributed by atoms with E-state index in [1.807, 2.05) is 30.3 Å². The number of hydrogen-bond acceptors (Lipinski definition) is 4. The molecule has 0 N–H and O–H groups in total. The van der Waals surface area contributed by atoms with Gasteiger partial charge in [-0.25, -0.2) is 4.98 Å². The molecule has 0 bridgehead atoms. The third-order valence-electron chi connectivity index (χ3n) is 3.52. The number of nitrogens with zero attached hydrogens (tertiary/aromatic N) is 3. The first-order valence-electron chi connectivity index (χ1n) is 7.50. The lowest BCUT2D eigenvalue weighted by atomic mass is 10.2. The topological polar surface area (TPSA) is 61.0 Å². The van der Waals surface area contributed by atoms with E-state index in [-0.39, 0.29) is 10.6 Å². The van der Waals surface area contributed by atoms with Crippen LogP contribution in [0.15, 0.2) is 53.7 Å². The van der Waals surface area contributed by atoms with E-state index in [1.54, 1.807) is 23.9 Å². The number of para-hydroxylation sites is 2. The van der Waals surface area contributed by atoms with E-state index in [1.165, 1.54) is 6.07 Å². The number of nitro groups is 1. The van der Waals surface area contributed by atoms with Gasteiger partial charge in [0.25, 0.3) is 5.69 Å². The highest BCUT2D eigenvalue weighted by Gasteiger charge is 2.12. The molecule has 0 saturated heterocycles. The molecule has 0 atom stereocenters. The average molecular weight is 327 g/mol. The van der Waals surface area contributed by atoms with Gasteiger partial charge in [0, 0.05) is 17.9 Å². The lowest BCUT2D eigenvalue weighted by Gasteiger charge is -2.09. The van der Waals surface area contributed by atoms with Crippen LogP contribution in [0, 0.1) is 10.1 Å². The van der Waals surface area contributed by atoms with Crippen LogP contribution < -0.4 is 0 Å². The van der Waals surface area contributed by atoms with Gasteiger partial charge in [-0.1, -0.05) is 43.0 Å². The number of fused-ring (bicyclic) bond motifs is 1. The average Bonchev–Trinajstić information content (AvgIpc) is 2.91. The van der Waals surface area contributed by atoms with Crippen LogP contribution in [-0.4, -0.2) is 20.2 Å². The van der Waals surface area contributed by atoms with Gasteiger partial charge < -0.3 is 4.57 Å². The van der Waals surface area contributed by atoms with E-state index in [0.29, 0.717) is 6.54 Å². The Bertz CT molecular complexity index is 845. The number of thioether (sulfide) groups is 1. The van der Waals surface area contributed by atoms with Crippen LogP contribution in [0.5, 0.6) is 0 Å². The Hall–Kier alpha value is -2.34. The van der Waals surface area contributed by atoms with E-state index in [9.17, 15) is 10.1 Å². The fourth-order valence-corrected chi connectivity index (χ4v) is 3.33. The normalized spacial score (nSPS) is 11.0. The molecule has 2 aromatic carbocycles. The lowest BCUT2D eigenvalue weighted by molar-refractivity contribution is -0.384. The first-order chi connectivity index (χ1) is 11.2. The van der Waals surface area contributed by atoms with E-state index in [4.69, 9.17) is 4.98 Å². The summed E-state index contributed by atoms with van der Waals surface area (Å²) in [6.45, 7) is 2.72. The van der Waals surface area contributed by atoms with Crippen molar-refractivity contribution in [3.8, 4) is 0 Å². The number of imidazole rings is 1. The number of hydrogen-bond donors (Lipinski definition) is 0. The van der Waals surface area contributed by atoms with Crippen molar-refractivity contribution in [3.05, 3.63) is 64.2 Å². The first-order valence-corrected chi connectivity index (χ1v) is 8.49. The Morgan fingerprint density at radius 1 is 1.22 bits per heavy atom. The summed E-state index contributed by atoms with van der Waals surface area (Å²) in [5.74, 6) is 0.998. The minimum atomic E-state index is -0.359. The van der Waals surface area contributed by atoms with Gasteiger partial charge in [0.05, 0.1) is 22.5 Å². The predicted octanol–water partition coefficient (Wildman–Crippen LogP) is 4.49. The number of aromatic nitrogens is 2. The molecule has 6 heteroatoms. The molecule has 23 heavy (non-hydrogen) atoms. The zero-order valence-corrected chi connectivity index (χ0v) is 13.6. The molecule has 0 fully saturated rings. The summed E-state index contributed by atoms with van der Waals surface area (Å²) in [5, 5.41) is 11.9. The minimum absolute atomic E-state index is 0.120. The van der Waals surface area contributed by atoms with Crippen molar-refractivity contribution in [2.75, 3.05) is 5.75 Å². The standard InChI is InChI=1S/C17H17N3O2S/c1-2-10-23-17-18-15-8-3-4-9-16(15)19(17)12-13-6-5-7-14(11-13)20(21)22/h3-9,11H,2,10,12H2,1H3. The fourth-order valence-electron chi connectivity index (χ4n) is 2.46. The molecule has 0 aliphatic rings. The Balaban J connectivity index is 2.00. The summed E-state index contributed by atoms with van der Waals surface area (Å²) in [6, 6.07) is 14.8. The number of rotatable bonds is 6. The van der Waals surface area contributed by atoms with Gasteiger partial charge in [0.15, 0.2) is 5.16 Å². The highest BCUT2D eigenvalue weighted by atomic mass is 32.2. The van der Waals surface area contributed by atoms with Crippen LogP contribution in [-0.2, 0) is 6.54 Å². The second kappa shape index (κ2) is 6.83. The molecular formula is C17H17N3O2S. The summed E-state index contributed by atoms with van der Waals surface area (Å²) < 4.78 is 2.13.